The molecule has 0 amide bonds. The Morgan fingerprint density at radius 1 is 1.24 bits per heavy atom. The van der Waals surface area contributed by atoms with Gasteiger partial charge in [0.15, 0.2) is 6.10 Å². The van der Waals surface area contributed by atoms with E-state index in [1.807, 2.05) is 0 Å². The average Bonchev–Trinajstić information content (AvgIpc) is 2.51. The number of aliphatic hydroxyl groups is 2. The first-order chi connectivity index (χ1) is 10.0. The van der Waals surface area contributed by atoms with Gasteiger partial charge in [0, 0.05) is 6.42 Å². The average molecular weight is 296 g/mol. The molecule has 0 aromatic heterocycles. The molecule has 0 aliphatic carbocycles. The van der Waals surface area contributed by atoms with Crippen molar-refractivity contribution in [3.8, 4) is 0 Å². The number of ether oxygens (including phenoxy) is 2. The smallest absolute Gasteiger partial charge is 0.338 e. The van der Waals surface area contributed by atoms with Crippen molar-refractivity contribution in [2.45, 2.75) is 32.0 Å². The lowest BCUT2D eigenvalue weighted by Gasteiger charge is -2.19. The second kappa shape index (κ2) is 8.39. The summed E-state index contributed by atoms with van der Waals surface area (Å²) in [5.41, 5.74) is 1.06. The largest absolute Gasteiger partial charge is 0.469 e. The Morgan fingerprint density at radius 3 is 2.52 bits per heavy atom. The lowest BCUT2D eigenvalue weighted by atomic mass is 9.96. The molecule has 2 atom stereocenters. The zero-order chi connectivity index (χ0) is 15.8. The maximum atomic E-state index is 11.5. The zero-order valence-corrected chi connectivity index (χ0v) is 12.1. The van der Waals surface area contributed by atoms with Crippen LogP contribution in [0.15, 0.2) is 24.3 Å². The maximum absolute atomic E-state index is 11.5. The lowest BCUT2D eigenvalue weighted by Crippen LogP contribution is -2.30. The Balaban J connectivity index is 2.86. The summed E-state index contributed by atoms with van der Waals surface area (Å²) < 4.78 is 9.24. The van der Waals surface area contributed by atoms with Gasteiger partial charge >= 0.3 is 11.9 Å². The molecule has 0 saturated carbocycles. The number of hydrogen-bond acceptors (Lipinski definition) is 6. The Morgan fingerprint density at radius 2 is 1.90 bits per heavy atom. The van der Waals surface area contributed by atoms with Crippen LogP contribution in [0.3, 0.4) is 0 Å². The van der Waals surface area contributed by atoms with E-state index < -0.39 is 18.2 Å². The molecular weight excluding hydrogens is 276 g/mol. The van der Waals surface area contributed by atoms with E-state index in [0.29, 0.717) is 17.5 Å². The van der Waals surface area contributed by atoms with Crippen LogP contribution >= 0.6 is 0 Å². The number of methoxy groups -OCH3 is 1. The molecule has 2 unspecified atom stereocenters. The van der Waals surface area contributed by atoms with Crippen LogP contribution in [0.1, 0.15) is 30.6 Å². The van der Waals surface area contributed by atoms with E-state index >= 15 is 0 Å². The molecule has 0 fully saturated rings. The van der Waals surface area contributed by atoms with Gasteiger partial charge in [-0.25, -0.2) is 4.79 Å². The highest BCUT2D eigenvalue weighted by molar-refractivity contribution is 5.75. The van der Waals surface area contributed by atoms with Crippen LogP contribution < -0.4 is 0 Å². The number of aliphatic hydroxyl groups excluding tert-OH is 2. The summed E-state index contributed by atoms with van der Waals surface area (Å²) in [5.74, 6) is -1.25. The van der Waals surface area contributed by atoms with Crippen molar-refractivity contribution in [1.82, 2.24) is 0 Å². The fourth-order valence-electron chi connectivity index (χ4n) is 1.92. The van der Waals surface area contributed by atoms with Crippen LogP contribution in [-0.2, 0) is 25.5 Å². The molecule has 2 N–H and O–H groups in total. The number of hydrogen-bond donors (Lipinski definition) is 2. The minimum Gasteiger partial charge on any atom is -0.469 e. The highest BCUT2D eigenvalue weighted by atomic mass is 16.5. The van der Waals surface area contributed by atoms with E-state index in [9.17, 15) is 19.8 Å². The number of carbonyl (C=O) groups excluding carboxylic acids is 2. The van der Waals surface area contributed by atoms with Gasteiger partial charge in [-0.15, -0.1) is 0 Å². The van der Waals surface area contributed by atoms with Crippen LogP contribution in [0, 0.1) is 0 Å². The third-order valence-electron chi connectivity index (χ3n) is 3.03. The monoisotopic (exact) mass is 296 g/mol. The maximum Gasteiger partial charge on any atom is 0.338 e. The number of benzene rings is 1. The first-order valence-corrected chi connectivity index (χ1v) is 6.68. The van der Waals surface area contributed by atoms with Gasteiger partial charge in [0.25, 0.3) is 0 Å². The molecule has 0 bridgehead atoms. The highest BCUT2D eigenvalue weighted by Crippen LogP contribution is 2.23. The predicted molar refractivity (Wildman–Crippen MR) is 74.4 cm³/mol. The van der Waals surface area contributed by atoms with E-state index in [-0.39, 0.29) is 19.0 Å². The molecule has 1 rings (SSSR count). The van der Waals surface area contributed by atoms with Crippen molar-refractivity contribution >= 4 is 11.9 Å². The van der Waals surface area contributed by atoms with Gasteiger partial charge in [0.05, 0.1) is 13.7 Å². The minimum atomic E-state index is -1.66. The Kier molecular flexibility index (Phi) is 6.84. The van der Waals surface area contributed by atoms with Gasteiger partial charge < -0.3 is 19.7 Å². The van der Waals surface area contributed by atoms with Gasteiger partial charge in [0.2, 0.25) is 0 Å². The second-order valence-electron chi connectivity index (χ2n) is 4.42. The van der Waals surface area contributed by atoms with E-state index in [2.05, 4.69) is 9.47 Å². The highest BCUT2D eigenvalue weighted by Gasteiger charge is 2.28. The standard InChI is InChI=1S/C15H20O6/c1-3-21-15(19)14(18)13(17)11-7-5-4-6-10(11)8-9-12(16)20-2/h4-7,13-14,17-18H,3,8-9H2,1-2H3. The summed E-state index contributed by atoms with van der Waals surface area (Å²) in [5, 5.41) is 19.9. The summed E-state index contributed by atoms with van der Waals surface area (Å²) in [4.78, 5) is 22.7. The predicted octanol–water partition coefficient (Wildman–Crippen LogP) is 0.750. The molecule has 0 heterocycles. The molecule has 0 spiro atoms. The fraction of sp³-hybridized carbons (Fsp3) is 0.467. The fourth-order valence-corrected chi connectivity index (χ4v) is 1.92. The van der Waals surface area contributed by atoms with Crippen molar-refractivity contribution in [2.75, 3.05) is 13.7 Å². The summed E-state index contributed by atoms with van der Waals surface area (Å²) in [7, 11) is 1.30. The number of aryl methyl sites for hydroxylation is 1. The van der Waals surface area contributed by atoms with Crippen molar-refractivity contribution in [2.24, 2.45) is 0 Å². The Bertz CT molecular complexity index is 485. The van der Waals surface area contributed by atoms with Gasteiger partial charge in [-0.2, -0.15) is 0 Å². The molecule has 21 heavy (non-hydrogen) atoms. The van der Waals surface area contributed by atoms with Gasteiger partial charge in [-0.05, 0) is 24.5 Å². The second-order valence-corrected chi connectivity index (χ2v) is 4.42. The van der Waals surface area contributed by atoms with Gasteiger partial charge in [-0.3, -0.25) is 4.79 Å². The summed E-state index contributed by atoms with van der Waals surface area (Å²) in [6.07, 6.45) is -2.58. The van der Waals surface area contributed by atoms with Crippen molar-refractivity contribution in [3.05, 3.63) is 35.4 Å². The Labute approximate surface area is 123 Å². The topological polar surface area (TPSA) is 93.1 Å². The third-order valence-corrected chi connectivity index (χ3v) is 3.03. The molecule has 0 saturated heterocycles. The summed E-state index contributed by atoms with van der Waals surface area (Å²) in [6, 6.07) is 6.75. The molecule has 0 aliphatic heterocycles. The van der Waals surface area contributed by atoms with Crippen molar-refractivity contribution < 1.29 is 29.3 Å². The minimum absolute atomic E-state index is 0.118. The molecule has 0 radical (unpaired) electrons. The van der Waals surface area contributed by atoms with Crippen molar-refractivity contribution in [1.29, 1.82) is 0 Å². The molecule has 0 aliphatic rings. The Hall–Kier alpha value is -1.92. The van der Waals surface area contributed by atoms with Crippen LogP contribution in [-0.4, -0.2) is 42.0 Å². The third kappa shape index (κ3) is 4.84. The number of carbonyl (C=O) groups is 2. The first-order valence-electron chi connectivity index (χ1n) is 6.68. The lowest BCUT2D eigenvalue weighted by molar-refractivity contribution is -0.159. The van der Waals surface area contributed by atoms with E-state index in [4.69, 9.17) is 0 Å². The molecule has 1 aromatic carbocycles. The van der Waals surface area contributed by atoms with E-state index in [1.54, 1.807) is 31.2 Å². The van der Waals surface area contributed by atoms with Gasteiger partial charge in [0.1, 0.15) is 6.10 Å². The quantitative estimate of drug-likeness (QED) is 0.721. The molecule has 116 valence electrons. The van der Waals surface area contributed by atoms with E-state index in [1.165, 1.54) is 7.11 Å². The first kappa shape index (κ1) is 17.1. The number of esters is 2. The molecule has 6 nitrogen and oxygen atoms in total. The van der Waals surface area contributed by atoms with Crippen LogP contribution in [0.5, 0.6) is 0 Å². The van der Waals surface area contributed by atoms with Crippen LogP contribution in [0.2, 0.25) is 0 Å². The normalized spacial score (nSPS) is 13.3. The number of rotatable bonds is 7. The zero-order valence-electron chi connectivity index (χ0n) is 12.1. The van der Waals surface area contributed by atoms with Crippen LogP contribution in [0.25, 0.3) is 0 Å². The summed E-state index contributed by atoms with van der Waals surface area (Å²) >= 11 is 0. The van der Waals surface area contributed by atoms with Crippen LogP contribution in [0.4, 0.5) is 0 Å². The van der Waals surface area contributed by atoms with Gasteiger partial charge in [-0.1, -0.05) is 24.3 Å². The molecular formula is C15H20O6. The van der Waals surface area contributed by atoms with Crippen molar-refractivity contribution in [3.63, 3.8) is 0 Å². The summed E-state index contributed by atoms with van der Waals surface area (Å²) in [6.45, 7) is 1.73. The van der Waals surface area contributed by atoms with E-state index in [0.717, 1.165) is 0 Å². The molecule has 6 heteroatoms. The molecule has 1 aromatic rings. The SMILES string of the molecule is CCOC(=O)C(O)C(O)c1ccccc1CCC(=O)OC.